The Bertz CT molecular complexity index is 428. The quantitative estimate of drug-likeness (QED) is 0.756. The summed E-state index contributed by atoms with van der Waals surface area (Å²) < 4.78 is 5.36. The lowest BCUT2D eigenvalue weighted by Gasteiger charge is -2.14. The highest BCUT2D eigenvalue weighted by atomic mass is 35.5. The molecule has 0 saturated carbocycles. The Morgan fingerprint density at radius 3 is 2.82 bits per heavy atom. The summed E-state index contributed by atoms with van der Waals surface area (Å²) in [5.41, 5.74) is 2.13. The molecular formula is C13H16ClNOS. The molecule has 92 valence electrons. The molecule has 0 saturated heterocycles. The summed E-state index contributed by atoms with van der Waals surface area (Å²) in [5, 5.41) is 11.4. The van der Waals surface area contributed by atoms with Gasteiger partial charge in [-0.25, -0.2) is 0 Å². The number of nitrogens with zero attached hydrogens (tertiary/aromatic N) is 1. The maximum Gasteiger partial charge on any atom is 0.133 e. The van der Waals surface area contributed by atoms with Gasteiger partial charge in [0.15, 0.2) is 0 Å². The molecule has 1 aromatic carbocycles. The molecule has 0 fully saturated rings. The maximum absolute atomic E-state index is 8.53. The topological polar surface area (TPSA) is 33.0 Å². The van der Waals surface area contributed by atoms with Crippen LogP contribution in [0.1, 0.15) is 18.1 Å². The molecule has 1 aromatic rings. The van der Waals surface area contributed by atoms with Gasteiger partial charge in [-0.3, -0.25) is 0 Å². The van der Waals surface area contributed by atoms with Crippen molar-refractivity contribution in [3.63, 3.8) is 0 Å². The number of thiocyanates is 1. The van der Waals surface area contributed by atoms with E-state index in [9.17, 15) is 0 Å². The van der Waals surface area contributed by atoms with Crippen LogP contribution < -0.4 is 4.74 Å². The van der Waals surface area contributed by atoms with Crippen molar-refractivity contribution >= 4 is 23.4 Å². The van der Waals surface area contributed by atoms with E-state index in [4.69, 9.17) is 21.6 Å². The van der Waals surface area contributed by atoms with Crippen molar-refractivity contribution in [2.75, 3.05) is 12.9 Å². The lowest BCUT2D eigenvalue weighted by atomic mass is 10.0. The minimum Gasteiger partial charge on any atom is -0.496 e. The van der Waals surface area contributed by atoms with Crippen molar-refractivity contribution in [2.45, 2.75) is 20.3 Å². The Kier molecular flexibility index (Phi) is 5.67. The average molecular weight is 270 g/mol. The number of thioether (sulfide) groups is 1. The zero-order chi connectivity index (χ0) is 12.8. The molecule has 0 aliphatic rings. The normalized spacial score (nSPS) is 11.9. The largest absolute Gasteiger partial charge is 0.496 e. The van der Waals surface area contributed by atoms with Crippen LogP contribution in [0.5, 0.6) is 5.75 Å². The molecule has 0 heterocycles. The zero-order valence-electron chi connectivity index (χ0n) is 10.3. The summed E-state index contributed by atoms with van der Waals surface area (Å²) in [7, 11) is 1.67. The molecule has 2 nitrogen and oxygen atoms in total. The van der Waals surface area contributed by atoms with E-state index in [1.165, 1.54) is 11.8 Å². The lowest BCUT2D eigenvalue weighted by Crippen LogP contribution is -2.04. The molecule has 1 rings (SSSR count). The predicted octanol–water partition coefficient (Wildman–Crippen LogP) is 4.05. The van der Waals surface area contributed by atoms with Crippen LogP contribution in [0.2, 0.25) is 5.02 Å². The third kappa shape index (κ3) is 4.14. The Morgan fingerprint density at radius 1 is 1.53 bits per heavy atom. The molecule has 1 atom stereocenters. The summed E-state index contributed by atoms with van der Waals surface area (Å²) in [6.45, 7) is 4.08. The van der Waals surface area contributed by atoms with E-state index in [1.54, 1.807) is 7.11 Å². The maximum atomic E-state index is 8.53. The number of rotatable bonds is 5. The molecule has 0 aliphatic heterocycles. The zero-order valence-corrected chi connectivity index (χ0v) is 11.9. The van der Waals surface area contributed by atoms with Crippen LogP contribution in [0.25, 0.3) is 0 Å². The van der Waals surface area contributed by atoms with Crippen LogP contribution in [0, 0.1) is 23.5 Å². The lowest BCUT2D eigenvalue weighted by molar-refractivity contribution is 0.406. The molecule has 4 heteroatoms. The van der Waals surface area contributed by atoms with Crippen molar-refractivity contribution in [1.82, 2.24) is 0 Å². The van der Waals surface area contributed by atoms with E-state index in [0.29, 0.717) is 5.92 Å². The van der Waals surface area contributed by atoms with Crippen LogP contribution in [-0.2, 0) is 6.42 Å². The summed E-state index contributed by atoms with van der Waals surface area (Å²) >= 11 is 7.41. The number of halogens is 1. The Balaban J connectivity index is 2.83. The van der Waals surface area contributed by atoms with Crippen LogP contribution >= 0.6 is 23.4 Å². The van der Waals surface area contributed by atoms with Gasteiger partial charge in [0.1, 0.15) is 11.2 Å². The van der Waals surface area contributed by atoms with Gasteiger partial charge in [0.2, 0.25) is 0 Å². The van der Waals surface area contributed by atoms with Gasteiger partial charge < -0.3 is 4.74 Å². The molecule has 0 aromatic heterocycles. The Hall–Kier alpha value is -0.850. The van der Waals surface area contributed by atoms with E-state index in [0.717, 1.165) is 34.1 Å². The first-order valence-electron chi connectivity index (χ1n) is 5.42. The fourth-order valence-electron chi connectivity index (χ4n) is 1.66. The number of methoxy groups -OCH3 is 1. The van der Waals surface area contributed by atoms with E-state index < -0.39 is 0 Å². The highest BCUT2D eigenvalue weighted by Crippen LogP contribution is 2.29. The number of nitriles is 1. The molecule has 17 heavy (non-hydrogen) atoms. The highest BCUT2D eigenvalue weighted by molar-refractivity contribution is 8.03. The molecule has 0 bridgehead atoms. The second-order valence-corrected chi connectivity index (χ2v) is 5.34. The Morgan fingerprint density at radius 2 is 2.24 bits per heavy atom. The second kappa shape index (κ2) is 6.78. The summed E-state index contributed by atoms with van der Waals surface area (Å²) in [6, 6.07) is 3.92. The van der Waals surface area contributed by atoms with Crippen molar-refractivity contribution in [1.29, 1.82) is 5.26 Å². The first-order valence-corrected chi connectivity index (χ1v) is 6.78. The van der Waals surface area contributed by atoms with Gasteiger partial charge in [0.05, 0.1) is 7.11 Å². The van der Waals surface area contributed by atoms with Crippen LogP contribution in [0.4, 0.5) is 0 Å². The third-order valence-electron chi connectivity index (χ3n) is 2.56. The van der Waals surface area contributed by atoms with E-state index in [1.807, 2.05) is 19.1 Å². The number of aryl methyl sites for hydroxylation is 1. The van der Waals surface area contributed by atoms with E-state index in [-0.39, 0.29) is 0 Å². The summed E-state index contributed by atoms with van der Waals surface area (Å²) in [6.07, 6.45) is 0.873. The van der Waals surface area contributed by atoms with Crippen molar-refractivity contribution < 1.29 is 4.74 Å². The van der Waals surface area contributed by atoms with Gasteiger partial charge in [-0.05, 0) is 54.3 Å². The first-order chi connectivity index (χ1) is 8.08. The number of hydrogen-bond acceptors (Lipinski definition) is 3. The van der Waals surface area contributed by atoms with Gasteiger partial charge in [0, 0.05) is 10.8 Å². The molecule has 0 spiro atoms. The van der Waals surface area contributed by atoms with Gasteiger partial charge in [-0.1, -0.05) is 18.5 Å². The first kappa shape index (κ1) is 14.2. The molecule has 0 N–H and O–H groups in total. The van der Waals surface area contributed by atoms with Gasteiger partial charge >= 0.3 is 0 Å². The molecule has 0 aliphatic carbocycles. The average Bonchev–Trinajstić information content (AvgIpc) is 2.31. The van der Waals surface area contributed by atoms with Crippen molar-refractivity contribution in [3.8, 4) is 11.2 Å². The second-order valence-electron chi connectivity index (χ2n) is 4.12. The van der Waals surface area contributed by atoms with Crippen LogP contribution in [-0.4, -0.2) is 12.9 Å². The van der Waals surface area contributed by atoms with E-state index in [2.05, 4.69) is 12.3 Å². The predicted molar refractivity (Wildman–Crippen MR) is 73.7 cm³/mol. The summed E-state index contributed by atoms with van der Waals surface area (Å²) in [5.74, 6) is 2.12. The SMILES string of the molecule is COc1cc(C)c(Cl)cc1CC(C)CSC#N. The summed E-state index contributed by atoms with van der Waals surface area (Å²) in [4.78, 5) is 0. The van der Waals surface area contributed by atoms with Crippen molar-refractivity contribution in [2.24, 2.45) is 5.92 Å². The minimum atomic E-state index is 0.423. The number of ether oxygens (including phenoxy) is 1. The fraction of sp³-hybridized carbons (Fsp3) is 0.462. The monoisotopic (exact) mass is 269 g/mol. The molecular weight excluding hydrogens is 254 g/mol. The Labute approximate surface area is 112 Å². The van der Waals surface area contributed by atoms with Crippen LogP contribution in [0.3, 0.4) is 0 Å². The van der Waals surface area contributed by atoms with Crippen molar-refractivity contribution in [3.05, 3.63) is 28.3 Å². The van der Waals surface area contributed by atoms with Gasteiger partial charge in [-0.2, -0.15) is 5.26 Å². The third-order valence-corrected chi connectivity index (χ3v) is 3.83. The fourth-order valence-corrected chi connectivity index (χ4v) is 2.32. The minimum absolute atomic E-state index is 0.423. The van der Waals surface area contributed by atoms with Gasteiger partial charge in [0.25, 0.3) is 0 Å². The van der Waals surface area contributed by atoms with E-state index >= 15 is 0 Å². The van der Waals surface area contributed by atoms with Crippen LogP contribution in [0.15, 0.2) is 12.1 Å². The molecule has 0 radical (unpaired) electrons. The number of hydrogen-bond donors (Lipinski definition) is 0. The number of benzene rings is 1. The molecule has 0 amide bonds. The molecule has 1 unspecified atom stereocenters. The smallest absolute Gasteiger partial charge is 0.133 e. The highest BCUT2D eigenvalue weighted by Gasteiger charge is 2.11. The standard InChI is InChI=1S/C13H16ClNOS/c1-9(7-17-8-15)4-11-6-12(14)10(2)5-13(11)16-3/h5-6,9H,4,7H2,1-3H3. The van der Waals surface area contributed by atoms with Gasteiger partial charge in [-0.15, -0.1) is 0 Å².